The molecule has 2 rings (SSSR count). The normalized spacial score (nSPS) is 11.2. The maximum absolute atomic E-state index is 11.7. The van der Waals surface area contributed by atoms with Gasteiger partial charge in [-0.25, -0.2) is 9.78 Å². The van der Waals surface area contributed by atoms with Crippen molar-refractivity contribution < 1.29 is 14.7 Å². The molecule has 20 heavy (non-hydrogen) atoms. The predicted octanol–water partition coefficient (Wildman–Crippen LogP) is 2.88. The molecule has 0 aliphatic heterocycles. The van der Waals surface area contributed by atoms with Crippen molar-refractivity contribution in [3.8, 4) is 0 Å². The summed E-state index contributed by atoms with van der Waals surface area (Å²) in [4.78, 5) is 15.6. The Morgan fingerprint density at radius 1 is 1.25 bits per heavy atom. The molecule has 1 aromatic heterocycles. The molecule has 0 aliphatic carbocycles. The molecule has 2 aromatic rings. The number of halogens is 1. The van der Waals surface area contributed by atoms with Crippen LogP contribution in [0.15, 0.2) is 58.3 Å². The molecule has 1 heterocycles. The van der Waals surface area contributed by atoms with Crippen LogP contribution in [0.3, 0.4) is 0 Å². The highest BCUT2D eigenvalue weighted by Crippen LogP contribution is 2.11. The van der Waals surface area contributed by atoms with E-state index >= 15 is 0 Å². The van der Waals surface area contributed by atoms with Crippen LogP contribution in [-0.2, 0) is 4.74 Å². The average molecular weight is 335 g/mol. The van der Waals surface area contributed by atoms with Gasteiger partial charge in [0.2, 0.25) is 0 Å². The summed E-state index contributed by atoms with van der Waals surface area (Å²) in [6, 6.07) is 12.1. The number of hydrogen-bond acceptors (Lipinski definition) is 5. The average Bonchev–Trinajstić information content (AvgIpc) is 2.50. The molecule has 0 spiro atoms. The van der Waals surface area contributed by atoms with E-state index in [1.165, 1.54) is 6.20 Å². The van der Waals surface area contributed by atoms with E-state index in [0.29, 0.717) is 5.56 Å². The van der Waals surface area contributed by atoms with Crippen molar-refractivity contribution in [2.24, 2.45) is 5.16 Å². The van der Waals surface area contributed by atoms with Crippen molar-refractivity contribution in [3.63, 3.8) is 0 Å². The lowest BCUT2D eigenvalue weighted by atomic mass is 10.1. The van der Waals surface area contributed by atoms with Gasteiger partial charge in [0.1, 0.15) is 18.0 Å². The van der Waals surface area contributed by atoms with Crippen molar-refractivity contribution >= 4 is 27.6 Å². The number of ether oxygens (including phenoxy) is 1. The van der Waals surface area contributed by atoms with E-state index < -0.39 is 5.97 Å². The number of carbonyl (C=O) groups excluding carboxylic acids is 1. The maximum atomic E-state index is 11.7. The maximum Gasteiger partial charge on any atom is 0.357 e. The number of carbonyl (C=O) groups is 1. The summed E-state index contributed by atoms with van der Waals surface area (Å²) in [6.07, 6.45) is 1.51. The molecule has 0 amide bonds. The summed E-state index contributed by atoms with van der Waals surface area (Å²) in [6.45, 7) is -0.131. The number of esters is 1. The molecule has 0 saturated heterocycles. The van der Waals surface area contributed by atoms with Gasteiger partial charge in [-0.05, 0) is 24.3 Å². The molecular weight excluding hydrogens is 324 g/mol. The molecule has 0 radical (unpaired) electrons. The van der Waals surface area contributed by atoms with E-state index in [0.717, 1.165) is 4.47 Å². The minimum absolute atomic E-state index is 0.131. The third-order valence-electron chi connectivity index (χ3n) is 2.51. The van der Waals surface area contributed by atoms with E-state index in [-0.39, 0.29) is 18.0 Å². The summed E-state index contributed by atoms with van der Waals surface area (Å²) in [5.41, 5.74) is 1.15. The molecule has 5 nitrogen and oxygen atoms in total. The second-order valence-electron chi connectivity index (χ2n) is 3.84. The Kier molecular flexibility index (Phi) is 4.84. The van der Waals surface area contributed by atoms with E-state index in [1.807, 2.05) is 0 Å². The van der Waals surface area contributed by atoms with Gasteiger partial charge in [0.15, 0.2) is 0 Å². The number of benzene rings is 1. The van der Waals surface area contributed by atoms with Gasteiger partial charge in [-0.3, -0.25) is 0 Å². The van der Waals surface area contributed by atoms with Crippen LogP contribution in [0.5, 0.6) is 0 Å². The highest BCUT2D eigenvalue weighted by molar-refractivity contribution is 9.10. The minimum Gasteiger partial charge on any atom is -0.454 e. The fourth-order valence-electron chi connectivity index (χ4n) is 1.50. The second-order valence-corrected chi connectivity index (χ2v) is 4.76. The lowest BCUT2D eigenvalue weighted by molar-refractivity contribution is 0.0555. The van der Waals surface area contributed by atoms with Gasteiger partial charge in [-0.15, -0.1) is 0 Å². The number of nitrogens with zero attached hydrogens (tertiary/aromatic N) is 2. The van der Waals surface area contributed by atoms with Gasteiger partial charge in [-0.1, -0.05) is 39.3 Å². The molecule has 1 N–H and O–H groups in total. The van der Waals surface area contributed by atoms with Gasteiger partial charge in [0.05, 0.1) is 0 Å². The predicted molar refractivity (Wildman–Crippen MR) is 77.0 cm³/mol. The lowest BCUT2D eigenvalue weighted by Crippen LogP contribution is -2.16. The first-order chi connectivity index (χ1) is 9.70. The van der Waals surface area contributed by atoms with Crippen LogP contribution in [0.1, 0.15) is 16.1 Å². The third-order valence-corrected chi connectivity index (χ3v) is 3.04. The molecule has 0 bridgehead atoms. The number of pyridine rings is 1. The molecule has 6 heteroatoms. The van der Waals surface area contributed by atoms with Crippen molar-refractivity contribution in [2.75, 3.05) is 6.61 Å². The molecule has 0 fully saturated rings. The van der Waals surface area contributed by atoms with Gasteiger partial charge in [-0.2, -0.15) is 0 Å². The largest absolute Gasteiger partial charge is 0.454 e. The van der Waals surface area contributed by atoms with Gasteiger partial charge in [0.25, 0.3) is 0 Å². The Balaban J connectivity index is 2.02. The zero-order valence-corrected chi connectivity index (χ0v) is 11.9. The number of oxime groups is 1. The topological polar surface area (TPSA) is 71.8 Å². The van der Waals surface area contributed by atoms with Crippen molar-refractivity contribution in [1.29, 1.82) is 0 Å². The van der Waals surface area contributed by atoms with Crippen molar-refractivity contribution in [1.82, 2.24) is 4.98 Å². The van der Waals surface area contributed by atoms with Gasteiger partial charge in [0, 0.05) is 16.2 Å². The Hall–Kier alpha value is -2.21. The van der Waals surface area contributed by atoms with Crippen LogP contribution in [0.2, 0.25) is 0 Å². The van der Waals surface area contributed by atoms with Crippen LogP contribution in [0, 0.1) is 0 Å². The van der Waals surface area contributed by atoms with Crippen LogP contribution < -0.4 is 0 Å². The first kappa shape index (κ1) is 14.2. The van der Waals surface area contributed by atoms with Gasteiger partial charge >= 0.3 is 5.97 Å². The number of rotatable bonds is 4. The highest BCUT2D eigenvalue weighted by Gasteiger charge is 2.11. The highest BCUT2D eigenvalue weighted by atomic mass is 79.9. The van der Waals surface area contributed by atoms with Gasteiger partial charge < -0.3 is 9.94 Å². The molecule has 102 valence electrons. The van der Waals surface area contributed by atoms with E-state index in [4.69, 9.17) is 9.94 Å². The van der Waals surface area contributed by atoms with E-state index in [2.05, 4.69) is 26.1 Å². The summed E-state index contributed by atoms with van der Waals surface area (Å²) < 4.78 is 5.97. The van der Waals surface area contributed by atoms with Crippen LogP contribution in [0.4, 0.5) is 0 Å². The summed E-state index contributed by atoms with van der Waals surface area (Å²) >= 11 is 3.31. The quantitative estimate of drug-likeness (QED) is 0.404. The molecular formula is C14H11BrN2O3. The Bertz CT molecular complexity index is 612. The monoisotopic (exact) mass is 334 g/mol. The number of aromatic nitrogens is 1. The minimum atomic E-state index is -0.566. The second kappa shape index (κ2) is 6.81. The Morgan fingerprint density at radius 2 is 2.00 bits per heavy atom. The standard InChI is InChI=1S/C14H11BrN2O3/c15-11-6-4-10(5-7-11)13(17-19)9-20-14(18)12-3-1-2-8-16-12/h1-8,19H,9H2/b17-13-. The fourth-order valence-corrected chi connectivity index (χ4v) is 1.77. The van der Waals surface area contributed by atoms with Crippen LogP contribution >= 0.6 is 15.9 Å². The first-order valence-corrected chi connectivity index (χ1v) is 6.55. The SMILES string of the molecule is O=C(OC/C(=N/O)c1ccc(Br)cc1)c1ccccn1. The lowest BCUT2D eigenvalue weighted by Gasteiger charge is -2.06. The molecule has 0 saturated carbocycles. The molecule has 0 aliphatic rings. The zero-order valence-electron chi connectivity index (χ0n) is 10.4. The summed E-state index contributed by atoms with van der Waals surface area (Å²) in [5.74, 6) is -0.566. The molecule has 1 aromatic carbocycles. The number of hydrogen-bond donors (Lipinski definition) is 1. The van der Waals surface area contributed by atoms with Crippen molar-refractivity contribution in [2.45, 2.75) is 0 Å². The van der Waals surface area contributed by atoms with E-state index in [9.17, 15) is 4.79 Å². The van der Waals surface area contributed by atoms with Crippen LogP contribution in [-0.4, -0.2) is 28.5 Å². The van der Waals surface area contributed by atoms with E-state index in [1.54, 1.807) is 42.5 Å². The third kappa shape index (κ3) is 3.64. The summed E-state index contributed by atoms with van der Waals surface area (Å²) in [5, 5.41) is 12.2. The molecule has 0 unspecified atom stereocenters. The van der Waals surface area contributed by atoms with Crippen molar-refractivity contribution in [3.05, 3.63) is 64.4 Å². The smallest absolute Gasteiger partial charge is 0.357 e. The van der Waals surface area contributed by atoms with Crippen LogP contribution in [0.25, 0.3) is 0 Å². The summed E-state index contributed by atoms with van der Waals surface area (Å²) in [7, 11) is 0. The Morgan fingerprint density at radius 3 is 2.60 bits per heavy atom. The Labute approximate surface area is 124 Å². The first-order valence-electron chi connectivity index (χ1n) is 5.75. The fraction of sp³-hybridized carbons (Fsp3) is 0.0714. The molecule has 0 atom stereocenters. The zero-order chi connectivity index (χ0) is 14.4.